The van der Waals surface area contributed by atoms with Gasteiger partial charge in [0, 0.05) is 20.1 Å². The molecule has 11 heavy (non-hydrogen) atoms. The Labute approximate surface area is 66.3 Å². The molecule has 1 saturated heterocycles. The third-order valence-corrected chi connectivity index (χ3v) is 1.83. The van der Waals surface area contributed by atoms with Gasteiger partial charge in [-0.05, 0) is 6.92 Å². The molecule has 0 saturated carbocycles. The van der Waals surface area contributed by atoms with E-state index in [9.17, 15) is 4.79 Å². The molecular formula is C7H14N2O2. The number of carbonyl (C=O) groups excluding carboxylic acids is 1. The molecule has 1 heterocycles. The van der Waals surface area contributed by atoms with Crippen molar-refractivity contribution in [3.8, 4) is 0 Å². The largest absolute Gasteiger partial charge is 0.363 e. The molecule has 1 rings (SSSR count). The maximum Gasteiger partial charge on any atom is 0.245 e. The van der Waals surface area contributed by atoms with Gasteiger partial charge < -0.3 is 15.4 Å². The second kappa shape index (κ2) is 3.19. The lowest BCUT2D eigenvalue weighted by Crippen LogP contribution is -2.59. The van der Waals surface area contributed by atoms with Crippen LogP contribution in [-0.4, -0.2) is 38.3 Å². The summed E-state index contributed by atoms with van der Waals surface area (Å²) in [6.45, 7) is 3.83. The average molecular weight is 158 g/mol. The molecule has 4 nitrogen and oxygen atoms in total. The minimum absolute atomic E-state index is 0.0712. The molecule has 0 spiro atoms. The first-order valence-corrected chi connectivity index (χ1v) is 3.71. The summed E-state index contributed by atoms with van der Waals surface area (Å²) in [5.74, 6) is -0.0712. The molecule has 4 heteroatoms. The lowest BCUT2D eigenvalue weighted by Gasteiger charge is -2.38. The number of hydrogen-bond donors (Lipinski definition) is 2. The van der Waals surface area contributed by atoms with Gasteiger partial charge in [0.1, 0.15) is 6.61 Å². The summed E-state index contributed by atoms with van der Waals surface area (Å²) >= 11 is 0. The minimum atomic E-state index is -0.119. The van der Waals surface area contributed by atoms with Gasteiger partial charge in [0.15, 0.2) is 0 Å². The molecular weight excluding hydrogens is 144 g/mol. The minimum Gasteiger partial charge on any atom is -0.363 e. The lowest BCUT2D eigenvalue weighted by molar-refractivity contribution is -0.135. The zero-order valence-corrected chi connectivity index (χ0v) is 6.94. The van der Waals surface area contributed by atoms with E-state index < -0.39 is 0 Å². The Morgan fingerprint density at radius 1 is 1.73 bits per heavy atom. The molecule has 0 aromatic rings. The van der Waals surface area contributed by atoms with Crippen LogP contribution in [0, 0.1) is 0 Å². The van der Waals surface area contributed by atoms with Crippen molar-refractivity contribution >= 4 is 5.91 Å². The van der Waals surface area contributed by atoms with Crippen LogP contribution in [0.3, 0.4) is 0 Å². The summed E-state index contributed by atoms with van der Waals surface area (Å²) < 4.78 is 5.34. The van der Waals surface area contributed by atoms with Crippen LogP contribution >= 0.6 is 0 Å². The molecule has 0 aromatic heterocycles. The van der Waals surface area contributed by atoms with Crippen molar-refractivity contribution < 1.29 is 9.53 Å². The first kappa shape index (κ1) is 8.49. The highest BCUT2D eigenvalue weighted by atomic mass is 16.5. The SMILES string of the molecule is CNC(=O)COC1(C)CNC1. The van der Waals surface area contributed by atoms with E-state index in [1.54, 1.807) is 7.05 Å². The van der Waals surface area contributed by atoms with Crippen LogP contribution in [0.5, 0.6) is 0 Å². The second-order valence-electron chi connectivity index (χ2n) is 3.02. The maximum atomic E-state index is 10.7. The smallest absolute Gasteiger partial charge is 0.245 e. The van der Waals surface area contributed by atoms with Crippen LogP contribution in [0.4, 0.5) is 0 Å². The fraction of sp³-hybridized carbons (Fsp3) is 0.857. The number of likely N-dealkylation sites (N-methyl/N-ethyl adjacent to an activating group) is 1. The van der Waals surface area contributed by atoms with Crippen LogP contribution in [-0.2, 0) is 9.53 Å². The van der Waals surface area contributed by atoms with Gasteiger partial charge >= 0.3 is 0 Å². The zero-order chi connectivity index (χ0) is 8.32. The molecule has 0 bridgehead atoms. The fourth-order valence-electron chi connectivity index (χ4n) is 0.891. The molecule has 0 radical (unpaired) electrons. The molecule has 64 valence electrons. The Kier molecular flexibility index (Phi) is 2.46. The molecule has 0 aliphatic carbocycles. The van der Waals surface area contributed by atoms with E-state index in [1.807, 2.05) is 6.92 Å². The van der Waals surface area contributed by atoms with Gasteiger partial charge in [-0.2, -0.15) is 0 Å². The van der Waals surface area contributed by atoms with Crippen LogP contribution in [0.2, 0.25) is 0 Å². The topological polar surface area (TPSA) is 50.4 Å². The molecule has 1 amide bonds. The van der Waals surface area contributed by atoms with Gasteiger partial charge in [-0.15, -0.1) is 0 Å². The van der Waals surface area contributed by atoms with Crippen LogP contribution in [0.25, 0.3) is 0 Å². The highest BCUT2D eigenvalue weighted by Gasteiger charge is 2.32. The average Bonchev–Trinajstić information content (AvgIpc) is 1.96. The maximum absolute atomic E-state index is 10.7. The van der Waals surface area contributed by atoms with E-state index in [-0.39, 0.29) is 18.1 Å². The summed E-state index contributed by atoms with van der Waals surface area (Å²) in [7, 11) is 1.60. The van der Waals surface area contributed by atoms with Crippen molar-refractivity contribution in [1.29, 1.82) is 0 Å². The quantitative estimate of drug-likeness (QED) is 0.560. The van der Waals surface area contributed by atoms with Crippen LogP contribution in [0.1, 0.15) is 6.92 Å². The molecule has 0 atom stereocenters. The Hall–Kier alpha value is -0.610. The summed E-state index contributed by atoms with van der Waals surface area (Å²) in [5, 5.41) is 5.59. The summed E-state index contributed by atoms with van der Waals surface area (Å²) in [5.41, 5.74) is -0.119. The fourth-order valence-corrected chi connectivity index (χ4v) is 0.891. The summed E-state index contributed by atoms with van der Waals surface area (Å²) in [4.78, 5) is 10.7. The van der Waals surface area contributed by atoms with Crippen molar-refractivity contribution in [2.75, 3.05) is 26.7 Å². The predicted molar refractivity (Wildman–Crippen MR) is 41.3 cm³/mol. The van der Waals surface area contributed by atoms with Crippen molar-refractivity contribution in [3.05, 3.63) is 0 Å². The zero-order valence-electron chi connectivity index (χ0n) is 6.94. The highest BCUT2D eigenvalue weighted by Crippen LogP contribution is 2.14. The molecule has 2 N–H and O–H groups in total. The third kappa shape index (κ3) is 2.17. The summed E-state index contributed by atoms with van der Waals surface area (Å²) in [6.07, 6.45) is 0. The van der Waals surface area contributed by atoms with E-state index in [4.69, 9.17) is 4.74 Å². The van der Waals surface area contributed by atoms with Crippen molar-refractivity contribution in [1.82, 2.24) is 10.6 Å². The third-order valence-electron chi connectivity index (χ3n) is 1.83. The van der Waals surface area contributed by atoms with Gasteiger partial charge in [-0.25, -0.2) is 0 Å². The number of carbonyl (C=O) groups is 1. The standard InChI is InChI=1S/C7H14N2O2/c1-7(4-9-5-7)11-3-6(10)8-2/h9H,3-5H2,1-2H3,(H,8,10). The van der Waals surface area contributed by atoms with Crippen molar-refractivity contribution in [2.45, 2.75) is 12.5 Å². The number of nitrogens with one attached hydrogen (secondary N) is 2. The van der Waals surface area contributed by atoms with Gasteiger partial charge in [0.25, 0.3) is 0 Å². The van der Waals surface area contributed by atoms with Crippen LogP contribution < -0.4 is 10.6 Å². The number of rotatable bonds is 3. The van der Waals surface area contributed by atoms with Gasteiger partial charge in [-0.1, -0.05) is 0 Å². The van der Waals surface area contributed by atoms with E-state index in [2.05, 4.69) is 10.6 Å². The van der Waals surface area contributed by atoms with Gasteiger partial charge in [0.05, 0.1) is 5.60 Å². The Morgan fingerprint density at radius 2 is 2.36 bits per heavy atom. The molecule has 1 aliphatic rings. The second-order valence-corrected chi connectivity index (χ2v) is 3.02. The first-order valence-electron chi connectivity index (χ1n) is 3.71. The normalized spacial score (nSPS) is 20.5. The van der Waals surface area contributed by atoms with E-state index in [0.717, 1.165) is 13.1 Å². The Balaban J connectivity index is 2.16. The molecule has 1 aliphatic heterocycles. The number of hydrogen-bond acceptors (Lipinski definition) is 3. The summed E-state index contributed by atoms with van der Waals surface area (Å²) in [6, 6.07) is 0. The monoisotopic (exact) mass is 158 g/mol. The highest BCUT2D eigenvalue weighted by molar-refractivity contribution is 5.76. The van der Waals surface area contributed by atoms with Crippen molar-refractivity contribution in [2.24, 2.45) is 0 Å². The predicted octanol–water partition coefficient (Wildman–Crippen LogP) is -0.889. The van der Waals surface area contributed by atoms with Crippen molar-refractivity contribution in [3.63, 3.8) is 0 Å². The number of ether oxygens (including phenoxy) is 1. The number of amides is 1. The molecule has 0 aromatic carbocycles. The van der Waals surface area contributed by atoms with Gasteiger partial charge in [-0.3, -0.25) is 4.79 Å². The van der Waals surface area contributed by atoms with E-state index in [0.29, 0.717) is 0 Å². The first-order chi connectivity index (χ1) is 5.16. The van der Waals surface area contributed by atoms with E-state index in [1.165, 1.54) is 0 Å². The lowest BCUT2D eigenvalue weighted by atomic mass is 10.0. The molecule has 0 unspecified atom stereocenters. The molecule has 1 fully saturated rings. The van der Waals surface area contributed by atoms with Crippen LogP contribution in [0.15, 0.2) is 0 Å². The Bertz CT molecular complexity index is 155. The Morgan fingerprint density at radius 3 is 2.73 bits per heavy atom. The van der Waals surface area contributed by atoms with Gasteiger partial charge in [0.2, 0.25) is 5.91 Å². The van der Waals surface area contributed by atoms with E-state index >= 15 is 0 Å².